The lowest BCUT2D eigenvalue weighted by atomic mass is 10.3. The lowest BCUT2D eigenvalue weighted by molar-refractivity contribution is 0.831. The van der Waals surface area contributed by atoms with Crippen molar-refractivity contribution < 1.29 is 0 Å². The molecule has 0 saturated heterocycles. The van der Waals surface area contributed by atoms with E-state index in [4.69, 9.17) is 0 Å². The molecule has 0 aliphatic carbocycles. The highest BCUT2D eigenvalue weighted by atomic mass is 32.1. The maximum Gasteiger partial charge on any atom is 0.206 e. The van der Waals surface area contributed by atoms with Crippen molar-refractivity contribution in [3.8, 4) is 9.88 Å². The standard InChI is InChI=1S/C11H16N4S2/c1-3-5-6-12-11-15-14-10(17-11)9-8(4-2)13-7-16-9/h7H,3-6H2,1-2H3,(H,12,15). The highest BCUT2D eigenvalue weighted by Crippen LogP contribution is 2.32. The minimum absolute atomic E-state index is 0.906. The zero-order chi connectivity index (χ0) is 12.1. The second kappa shape index (κ2) is 6.07. The largest absolute Gasteiger partial charge is 0.360 e. The van der Waals surface area contributed by atoms with Gasteiger partial charge in [-0.15, -0.1) is 21.5 Å². The summed E-state index contributed by atoms with van der Waals surface area (Å²) in [7, 11) is 0. The summed E-state index contributed by atoms with van der Waals surface area (Å²) in [5, 5.41) is 13.6. The SMILES string of the molecule is CCCCNc1nnc(-c2scnc2CC)s1. The van der Waals surface area contributed by atoms with Crippen molar-refractivity contribution in [2.24, 2.45) is 0 Å². The smallest absolute Gasteiger partial charge is 0.206 e. The summed E-state index contributed by atoms with van der Waals surface area (Å²) in [6.07, 6.45) is 3.29. The Bertz CT molecular complexity index is 463. The summed E-state index contributed by atoms with van der Waals surface area (Å²) in [6, 6.07) is 0. The first kappa shape index (κ1) is 12.4. The van der Waals surface area contributed by atoms with Gasteiger partial charge in [0.1, 0.15) is 0 Å². The van der Waals surface area contributed by atoms with Crippen LogP contribution in [0.25, 0.3) is 9.88 Å². The third kappa shape index (κ3) is 3.01. The quantitative estimate of drug-likeness (QED) is 0.815. The molecule has 1 N–H and O–H groups in total. The molecule has 0 bridgehead atoms. The normalized spacial score (nSPS) is 10.7. The Morgan fingerprint density at radius 1 is 1.29 bits per heavy atom. The second-order valence-electron chi connectivity index (χ2n) is 3.67. The van der Waals surface area contributed by atoms with E-state index in [0.717, 1.165) is 40.1 Å². The van der Waals surface area contributed by atoms with Gasteiger partial charge in [0.25, 0.3) is 0 Å². The van der Waals surface area contributed by atoms with Crippen LogP contribution in [0.2, 0.25) is 0 Å². The second-order valence-corrected chi connectivity index (χ2v) is 5.51. The van der Waals surface area contributed by atoms with Gasteiger partial charge in [-0.2, -0.15) is 0 Å². The molecule has 0 amide bonds. The minimum Gasteiger partial charge on any atom is -0.360 e. The van der Waals surface area contributed by atoms with Crippen LogP contribution in [0, 0.1) is 0 Å². The molecule has 0 fully saturated rings. The molecule has 4 nitrogen and oxygen atoms in total. The van der Waals surface area contributed by atoms with Crippen LogP contribution in [0.3, 0.4) is 0 Å². The molecule has 92 valence electrons. The van der Waals surface area contributed by atoms with Crippen LogP contribution < -0.4 is 5.32 Å². The van der Waals surface area contributed by atoms with E-state index in [2.05, 4.69) is 34.3 Å². The van der Waals surface area contributed by atoms with E-state index in [-0.39, 0.29) is 0 Å². The minimum atomic E-state index is 0.906. The number of aryl methyl sites for hydroxylation is 1. The van der Waals surface area contributed by atoms with Gasteiger partial charge in [-0.1, -0.05) is 31.6 Å². The van der Waals surface area contributed by atoms with E-state index < -0.39 is 0 Å². The highest BCUT2D eigenvalue weighted by molar-refractivity contribution is 7.22. The molecule has 0 atom stereocenters. The summed E-state index contributed by atoms with van der Waals surface area (Å²) in [6.45, 7) is 5.26. The van der Waals surface area contributed by atoms with Crippen LogP contribution in [0.15, 0.2) is 5.51 Å². The molecule has 0 spiro atoms. The van der Waals surface area contributed by atoms with Gasteiger partial charge >= 0.3 is 0 Å². The Hall–Kier alpha value is -1.01. The molecular weight excluding hydrogens is 252 g/mol. The average Bonchev–Trinajstić information content (AvgIpc) is 2.96. The van der Waals surface area contributed by atoms with E-state index in [0.29, 0.717) is 0 Å². The monoisotopic (exact) mass is 268 g/mol. The van der Waals surface area contributed by atoms with Gasteiger partial charge in [-0.05, 0) is 12.8 Å². The Labute approximate surface area is 109 Å². The molecule has 0 unspecified atom stereocenters. The summed E-state index contributed by atoms with van der Waals surface area (Å²) in [5.74, 6) is 0. The van der Waals surface area contributed by atoms with Crippen molar-refractivity contribution in [1.29, 1.82) is 0 Å². The molecule has 6 heteroatoms. The lowest BCUT2D eigenvalue weighted by Gasteiger charge is -1.97. The maximum absolute atomic E-state index is 4.33. The van der Waals surface area contributed by atoms with Gasteiger partial charge in [-0.3, -0.25) is 0 Å². The van der Waals surface area contributed by atoms with Crippen molar-refractivity contribution in [2.75, 3.05) is 11.9 Å². The van der Waals surface area contributed by atoms with Crippen LogP contribution in [-0.4, -0.2) is 21.7 Å². The highest BCUT2D eigenvalue weighted by Gasteiger charge is 2.12. The third-order valence-corrected chi connectivity index (χ3v) is 4.31. The van der Waals surface area contributed by atoms with Crippen molar-refractivity contribution in [2.45, 2.75) is 33.1 Å². The van der Waals surface area contributed by atoms with Gasteiger partial charge in [0, 0.05) is 6.54 Å². The van der Waals surface area contributed by atoms with Crippen LogP contribution >= 0.6 is 22.7 Å². The number of thiazole rings is 1. The van der Waals surface area contributed by atoms with Gasteiger partial charge in [0.15, 0.2) is 5.01 Å². The van der Waals surface area contributed by atoms with Gasteiger partial charge < -0.3 is 5.32 Å². The number of hydrogen-bond acceptors (Lipinski definition) is 6. The van der Waals surface area contributed by atoms with Crippen molar-refractivity contribution in [3.63, 3.8) is 0 Å². The van der Waals surface area contributed by atoms with E-state index >= 15 is 0 Å². The van der Waals surface area contributed by atoms with Gasteiger partial charge in [0.05, 0.1) is 16.1 Å². The fourth-order valence-electron chi connectivity index (χ4n) is 1.45. The summed E-state index contributed by atoms with van der Waals surface area (Å²) in [5.41, 5.74) is 2.99. The van der Waals surface area contributed by atoms with E-state index in [1.54, 1.807) is 22.7 Å². The molecule has 0 saturated carbocycles. The first-order valence-corrected chi connectivity index (χ1v) is 7.54. The summed E-state index contributed by atoms with van der Waals surface area (Å²) >= 11 is 3.25. The van der Waals surface area contributed by atoms with E-state index in [9.17, 15) is 0 Å². The fourth-order valence-corrected chi connectivity index (χ4v) is 3.21. The molecule has 0 aliphatic heterocycles. The first-order chi connectivity index (χ1) is 8.35. The number of rotatable bonds is 6. The van der Waals surface area contributed by atoms with Crippen LogP contribution in [0.4, 0.5) is 5.13 Å². The van der Waals surface area contributed by atoms with E-state index in [1.165, 1.54) is 6.42 Å². The Balaban J connectivity index is 2.07. The number of nitrogens with zero attached hydrogens (tertiary/aromatic N) is 3. The molecule has 0 radical (unpaired) electrons. The molecule has 2 rings (SSSR count). The third-order valence-electron chi connectivity index (χ3n) is 2.40. The molecule has 2 aromatic rings. The average molecular weight is 268 g/mol. The number of nitrogens with one attached hydrogen (secondary N) is 1. The Morgan fingerprint density at radius 2 is 2.18 bits per heavy atom. The summed E-state index contributed by atoms with van der Waals surface area (Å²) in [4.78, 5) is 5.49. The molecular formula is C11H16N4S2. The predicted octanol–water partition coefficient (Wildman–Crippen LogP) is 3.44. The number of unbranched alkanes of at least 4 members (excludes halogenated alkanes) is 1. The van der Waals surface area contributed by atoms with Crippen LogP contribution in [0.5, 0.6) is 0 Å². The van der Waals surface area contributed by atoms with Crippen molar-refractivity contribution >= 4 is 27.8 Å². The molecule has 0 aromatic carbocycles. The predicted molar refractivity (Wildman–Crippen MR) is 73.8 cm³/mol. The van der Waals surface area contributed by atoms with Crippen molar-refractivity contribution in [1.82, 2.24) is 15.2 Å². The Morgan fingerprint density at radius 3 is 2.94 bits per heavy atom. The fraction of sp³-hybridized carbons (Fsp3) is 0.545. The lowest BCUT2D eigenvalue weighted by Crippen LogP contribution is -1.99. The number of hydrogen-bond donors (Lipinski definition) is 1. The summed E-state index contributed by atoms with van der Waals surface area (Å²) < 4.78 is 0. The molecule has 2 aromatic heterocycles. The van der Waals surface area contributed by atoms with Crippen LogP contribution in [0.1, 0.15) is 32.4 Å². The first-order valence-electron chi connectivity index (χ1n) is 5.85. The number of anilines is 1. The topological polar surface area (TPSA) is 50.7 Å². The van der Waals surface area contributed by atoms with Crippen LogP contribution in [-0.2, 0) is 6.42 Å². The van der Waals surface area contributed by atoms with E-state index in [1.807, 2.05) is 5.51 Å². The zero-order valence-corrected chi connectivity index (χ0v) is 11.7. The molecule has 2 heterocycles. The maximum atomic E-state index is 4.33. The van der Waals surface area contributed by atoms with Gasteiger partial charge in [0.2, 0.25) is 5.13 Å². The number of aromatic nitrogens is 3. The zero-order valence-electron chi connectivity index (χ0n) is 10.1. The molecule has 17 heavy (non-hydrogen) atoms. The van der Waals surface area contributed by atoms with Gasteiger partial charge in [-0.25, -0.2) is 4.98 Å². The molecule has 0 aliphatic rings. The Kier molecular flexibility index (Phi) is 4.44. The van der Waals surface area contributed by atoms with Crippen molar-refractivity contribution in [3.05, 3.63) is 11.2 Å².